The number of fused-ring (bicyclic) bond motifs is 3. The molecule has 4 rings (SSSR count). The normalized spacial score (nSPS) is 19.9. The van der Waals surface area contributed by atoms with Gasteiger partial charge in [-0.05, 0) is 30.5 Å². The van der Waals surface area contributed by atoms with Crippen molar-refractivity contribution in [1.29, 1.82) is 0 Å². The molecule has 29 heavy (non-hydrogen) atoms. The molecule has 2 atom stereocenters. The Labute approximate surface area is 173 Å². The summed E-state index contributed by atoms with van der Waals surface area (Å²) in [4.78, 5) is 18.7. The van der Waals surface area contributed by atoms with Gasteiger partial charge >= 0.3 is 0 Å². The highest BCUT2D eigenvalue weighted by Gasteiger charge is 2.53. The number of carbonyl (C=O) groups is 1. The molecule has 0 unspecified atom stereocenters. The predicted molar refractivity (Wildman–Crippen MR) is 120 cm³/mol. The van der Waals surface area contributed by atoms with Crippen LogP contribution in [-0.2, 0) is 0 Å². The van der Waals surface area contributed by atoms with Crippen LogP contribution in [-0.4, -0.2) is 23.2 Å². The van der Waals surface area contributed by atoms with E-state index in [2.05, 4.69) is 46.0 Å². The Balaban J connectivity index is 1.97. The first kappa shape index (κ1) is 19.9. The number of aromatic nitrogens is 2. The zero-order chi connectivity index (χ0) is 21.1. The second kappa shape index (κ2) is 6.56. The minimum atomic E-state index is -2.06. The van der Waals surface area contributed by atoms with E-state index in [1.165, 1.54) is 0 Å². The summed E-state index contributed by atoms with van der Waals surface area (Å²) >= 11 is 0. The fraction of sp³-hybridized carbons (Fsp3) is 0.417. The van der Waals surface area contributed by atoms with E-state index in [0.717, 1.165) is 22.6 Å². The Morgan fingerprint density at radius 1 is 1.07 bits per heavy atom. The molecule has 0 aliphatic carbocycles. The summed E-state index contributed by atoms with van der Waals surface area (Å²) in [5.74, 6) is 0.824. The van der Waals surface area contributed by atoms with Crippen LogP contribution < -0.4 is 4.74 Å². The SMILES string of the molecule is Cc1nc2c3c(ccn2c1C)C(=O)[C@H]([Si](C)(C)C(C)(C)C)[C@@H](c1ccccc1)O3. The van der Waals surface area contributed by atoms with Gasteiger partial charge in [0.05, 0.1) is 24.9 Å². The molecule has 0 amide bonds. The van der Waals surface area contributed by atoms with Gasteiger partial charge in [0.2, 0.25) is 0 Å². The molecule has 0 bridgehead atoms. The molecular weight excluding hydrogens is 376 g/mol. The zero-order valence-corrected chi connectivity index (χ0v) is 19.4. The molecule has 1 aromatic carbocycles. The third-order valence-corrected chi connectivity index (χ3v) is 13.1. The van der Waals surface area contributed by atoms with Crippen molar-refractivity contribution in [2.24, 2.45) is 0 Å². The van der Waals surface area contributed by atoms with Crippen molar-refractivity contribution in [3.05, 3.63) is 65.1 Å². The summed E-state index contributed by atoms with van der Waals surface area (Å²) < 4.78 is 8.72. The van der Waals surface area contributed by atoms with Crippen LogP contribution in [0.4, 0.5) is 0 Å². The van der Waals surface area contributed by atoms with E-state index in [4.69, 9.17) is 9.72 Å². The lowest BCUT2D eigenvalue weighted by Gasteiger charge is -2.47. The molecule has 0 saturated heterocycles. The second-order valence-electron chi connectivity index (χ2n) is 9.80. The van der Waals surface area contributed by atoms with Gasteiger partial charge in [-0.3, -0.25) is 4.79 Å². The van der Waals surface area contributed by atoms with Crippen molar-refractivity contribution in [2.75, 3.05) is 0 Å². The van der Waals surface area contributed by atoms with Crippen LogP contribution in [0.5, 0.6) is 5.75 Å². The van der Waals surface area contributed by atoms with Crippen LogP contribution in [0.1, 0.15) is 54.2 Å². The highest BCUT2D eigenvalue weighted by atomic mass is 28.3. The quantitative estimate of drug-likeness (QED) is 0.480. The molecule has 1 aliphatic heterocycles. The molecule has 2 aromatic heterocycles. The molecular formula is C24H30N2O2Si. The average Bonchev–Trinajstić information content (AvgIpc) is 2.96. The molecule has 5 heteroatoms. The zero-order valence-electron chi connectivity index (χ0n) is 18.4. The molecule has 0 spiro atoms. The van der Waals surface area contributed by atoms with E-state index in [1.54, 1.807) is 0 Å². The van der Waals surface area contributed by atoms with Gasteiger partial charge in [0.25, 0.3) is 0 Å². The van der Waals surface area contributed by atoms with Crippen LogP contribution in [0.2, 0.25) is 23.7 Å². The molecule has 3 aromatic rings. The minimum absolute atomic E-state index is 0.0613. The Morgan fingerprint density at radius 3 is 2.34 bits per heavy atom. The Hall–Kier alpha value is -2.40. The lowest BCUT2D eigenvalue weighted by Crippen LogP contribution is -2.50. The first-order chi connectivity index (χ1) is 13.5. The number of Topliss-reactive ketones (excluding diaryl/α,β-unsaturated/α-hetero) is 1. The van der Waals surface area contributed by atoms with Crippen molar-refractivity contribution < 1.29 is 9.53 Å². The number of ether oxygens (including phenoxy) is 1. The number of nitrogens with zero attached hydrogens (tertiary/aromatic N) is 2. The molecule has 152 valence electrons. The molecule has 0 radical (unpaired) electrons. The van der Waals surface area contributed by atoms with Crippen LogP contribution >= 0.6 is 0 Å². The van der Waals surface area contributed by atoms with Crippen molar-refractivity contribution in [3.8, 4) is 5.75 Å². The monoisotopic (exact) mass is 406 g/mol. The van der Waals surface area contributed by atoms with E-state index in [-0.39, 0.29) is 22.5 Å². The van der Waals surface area contributed by atoms with Crippen molar-refractivity contribution in [2.45, 2.75) is 64.4 Å². The number of aryl methyl sites for hydroxylation is 2. The van der Waals surface area contributed by atoms with E-state index >= 15 is 0 Å². The van der Waals surface area contributed by atoms with Crippen molar-refractivity contribution >= 4 is 19.5 Å². The molecule has 0 N–H and O–H groups in total. The number of ketones is 1. The molecule has 3 heterocycles. The highest BCUT2D eigenvalue weighted by molar-refractivity contribution is 6.84. The van der Waals surface area contributed by atoms with E-state index < -0.39 is 8.07 Å². The van der Waals surface area contributed by atoms with Gasteiger partial charge in [-0.25, -0.2) is 4.98 Å². The van der Waals surface area contributed by atoms with E-state index in [9.17, 15) is 4.79 Å². The number of pyridine rings is 1. The lowest BCUT2D eigenvalue weighted by molar-refractivity contribution is 0.0840. The third kappa shape index (κ3) is 2.94. The maximum absolute atomic E-state index is 13.9. The van der Waals surface area contributed by atoms with Crippen LogP contribution in [0.25, 0.3) is 5.65 Å². The third-order valence-electron chi connectivity index (χ3n) is 7.16. The van der Waals surface area contributed by atoms with Gasteiger partial charge in [-0.1, -0.05) is 64.2 Å². The van der Waals surface area contributed by atoms with E-state index in [1.807, 2.05) is 48.7 Å². The largest absolute Gasteiger partial charge is 0.481 e. The summed E-state index contributed by atoms with van der Waals surface area (Å²) in [6.07, 6.45) is 1.66. The van der Waals surface area contributed by atoms with Gasteiger partial charge in [-0.15, -0.1) is 0 Å². The topological polar surface area (TPSA) is 43.6 Å². The predicted octanol–water partition coefficient (Wildman–Crippen LogP) is 6.15. The van der Waals surface area contributed by atoms with Gasteiger partial charge in [-0.2, -0.15) is 0 Å². The summed E-state index contributed by atoms with van der Waals surface area (Å²) in [7, 11) is -2.06. The number of hydrogen-bond acceptors (Lipinski definition) is 3. The Morgan fingerprint density at radius 2 is 1.72 bits per heavy atom. The van der Waals surface area contributed by atoms with Gasteiger partial charge in [0.15, 0.2) is 17.2 Å². The van der Waals surface area contributed by atoms with Crippen LogP contribution in [0.3, 0.4) is 0 Å². The number of imidazole rings is 1. The standard InChI is InChI=1S/C24H30N2O2Si/c1-15-16(2)26-14-13-18-19(27)22(29(6,7)24(3,4)5)20(17-11-9-8-10-12-17)28-21(18)23(26)25-15/h8-14,20,22H,1-7H3/t20-,22+/m1/s1. The van der Waals surface area contributed by atoms with Crippen LogP contribution in [0, 0.1) is 13.8 Å². The van der Waals surface area contributed by atoms with Gasteiger partial charge < -0.3 is 9.14 Å². The van der Waals surface area contributed by atoms with Crippen LogP contribution in [0.15, 0.2) is 42.6 Å². The first-order valence-corrected chi connectivity index (χ1v) is 13.4. The first-order valence-electron chi connectivity index (χ1n) is 10.3. The summed E-state index contributed by atoms with van der Waals surface area (Å²) in [5.41, 5.74) is 4.34. The maximum atomic E-state index is 13.9. The smallest absolute Gasteiger partial charge is 0.180 e. The van der Waals surface area contributed by atoms with Gasteiger partial charge in [0, 0.05) is 11.9 Å². The van der Waals surface area contributed by atoms with Gasteiger partial charge in [0.1, 0.15) is 6.10 Å². The van der Waals surface area contributed by atoms with Crippen molar-refractivity contribution in [1.82, 2.24) is 9.38 Å². The summed E-state index contributed by atoms with van der Waals surface area (Å²) in [6.45, 7) is 15.5. The summed E-state index contributed by atoms with van der Waals surface area (Å²) in [6, 6.07) is 12.1. The maximum Gasteiger partial charge on any atom is 0.180 e. The number of carbonyl (C=O) groups excluding carboxylic acids is 1. The molecule has 4 nitrogen and oxygen atoms in total. The van der Waals surface area contributed by atoms with Crippen molar-refractivity contribution in [3.63, 3.8) is 0 Å². The highest BCUT2D eigenvalue weighted by Crippen LogP contribution is 2.54. The minimum Gasteiger partial charge on any atom is -0.481 e. The number of hydrogen-bond donors (Lipinski definition) is 0. The Kier molecular flexibility index (Phi) is 4.50. The Bertz CT molecular complexity index is 1090. The molecule has 0 saturated carbocycles. The summed E-state index contributed by atoms with van der Waals surface area (Å²) in [5, 5.41) is 0.0613. The van der Waals surface area contributed by atoms with E-state index in [0.29, 0.717) is 11.3 Å². The molecule has 0 fully saturated rings. The fourth-order valence-electron chi connectivity index (χ4n) is 4.20. The number of benzene rings is 1. The lowest BCUT2D eigenvalue weighted by atomic mass is 9.96. The molecule has 1 aliphatic rings. The second-order valence-corrected chi connectivity index (χ2v) is 15.4. The average molecular weight is 407 g/mol. The number of rotatable bonds is 2. The fourth-order valence-corrected chi connectivity index (χ4v) is 6.96.